The Labute approximate surface area is 94.2 Å². The summed E-state index contributed by atoms with van der Waals surface area (Å²) in [6.07, 6.45) is 0. The summed E-state index contributed by atoms with van der Waals surface area (Å²) in [6.45, 7) is 1.79. The molecule has 1 rings (SSSR count). The molecule has 4 N–H and O–H groups in total. The van der Waals surface area contributed by atoms with E-state index in [4.69, 9.17) is 11.0 Å². The van der Waals surface area contributed by atoms with E-state index in [9.17, 15) is 4.79 Å². The number of nitrogens with zero attached hydrogens (tertiary/aromatic N) is 1. The fourth-order valence-corrected chi connectivity index (χ4v) is 1.26. The summed E-state index contributed by atoms with van der Waals surface area (Å²) < 4.78 is 0. The third-order valence-electron chi connectivity index (χ3n) is 1.99. The summed E-state index contributed by atoms with van der Waals surface area (Å²) in [5.74, 6) is 0. The standard InChI is InChI=1S/C11H14N4O/c12-7-9-2-1-3-10(6-9)8-14-4-5-15-11(13)16/h1-3,6,14H,4-5,8H2,(H3,13,15,16). The smallest absolute Gasteiger partial charge is 0.312 e. The zero-order chi connectivity index (χ0) is 11.8. The van der Waals surface area contributed by atoms with Crippen LogP contribution in [0, 0.1) is 11.3 Å². The number of benzene rings is 1. The van der Waals surface area contributed by atoms with Crippen molar-refractivity contribution >= 4 is 6.03 Å². The van der Waals surface area contributed by atoms with Crippen LogP contribution in [0.15, 0.2) is 24.3 Å². The highest BCUT2D eigenvalue weighted by Gasteiger charge is 1.95. The van der Waals surface area contributed by atoms with Crippen molar-refractivity contribution in [1.29, 1.82) is 5.26 Å². The van der Waals surface area contributed by atoms with Crippen LogP contribution in [0.4, 0.5) is 4.79 Å². The number of rotatable bonds is 5. The normalized spacial score (nSPS) is 9.44. The predicted molar refractivity (Wildman–Crippen MR) is 60.4 cm³/mol. The molecule has 0 atom stereocenters. The van der Waals surface area contributed by atoms with E-state index in [-0.39, 0.29) is 0 Å². The van der Waals surface area contributed by atoms with Crippen molar-refractivity contribution in [2.75, 3.05) is 13.1 Å². The molecular formula is C11H14N4O. The van der Waals surface area contributed by atoms with Crippen molar-refractivity contribution in [1.82, 2.24) is 10.6 Å². The molecular weight excluding hydrogens is 204 g/mol. The molecule has 2 amide bonds. The lowest BCUT2D eigenvalue weighted by Crippen LogP contribution is -2.35. The van der Waals surface area contributed by atoms with Crippen LogP contribution in [-0.4, -0.2) is 19.1 Å². The average molecular weight is 218 g/mol. The maximum Gasteiger partial charge on any atom is 0.312 e. The van der Waals surface area contributed by atoms with E-state index in [0.29, 0.717) is 25.2 Å². The number of nitriles is 1. The first-order chi connectivity index (χ1) is 7.72. The van der Waals surface area contributed by atoms with E-state index in [1.165, 1.54) is 0 Å². The largest absolute Gasteiger partial charge is 0.352 e. The predicted octanol–water partition coefficient (Wildman–Crippen LogP) is 0.316. The van der Waals surface area contributed by atoms with Crippen molar-refractivity contribution in [3.05, 3.63) is 35.4 Å². The van der Waals surface area contributed by atoms with E-state index in [1.54, 1.807) is 6.07 Å². The van der Waals surface area contributed by atoms with E-state index in [2.05, 4.69) is 16.7 Å². The fourth-order valence-electron chi connectivity index (χ4n) is 1.26. The second-order valence-electron chi connectivity index (χ2n) is 3.28. The molecule has 16 heavy (non-hydrogen) atoms. The van der Waals surface area contributed by atoms with Gasteiger partial charge in [-0.2, -0.15) is 5.26 Å². The minimum atomic E-state index is -0.520. The third-order valence-corrected chi connectivity index (χ3v) is 1.99. The molecule has 5 heteroatoms. The van der Waals surface area contributed by atoms with Crippen molar-refractivity contribution < 1.29 is 4.79 Å². The van der Waals surface area contributed by atoms with Crippen LogP contribution >= 0.6 is 0 Å². The number of carbonyl (C=O) groups excluding carboxylic acids is 1. The summed E-state index contributed by atoms with van der Waals surface area (Å²) in [7, 11) is 0. The van der Waals surface area contributed by atoms with Gasteiger partial charge in [-0.15, -0.1) is 0 Å². The van der Waals surface area contributed by atoms with Gasteiger partial charge in [-0.05, 0) is 17.7 Å². The van der Waals surface area contributed by atoms with Crippen LogP contribution in [0.3, 0.4) is 0 Å². The Kier molecular flexibility index (Phi) is 4.83. The maximum atomic E-state index is 10.4. The van der Waals surface area contributed by atoms with Crippen molar-refractivity contribution in [3.8, 4) is 6.07 Å². The van der Waals surface area contributed by atoms with Gasteiger partial charge in [0.15, 0.2) is 0 Å². The number of hydrogen-bond acceptors (Lipinski definition) is 3. The molecule has 0 unspecified atom stereocenters. The number of nitrogens with two attached hydrogens (primary N) is 1. The van der Waals surface area contributed by atoms with Crippen molar-refractivity contribution in [2.45, 2.75) is 6.54 Å². The SMILES string of the molecule is N#Cc1cccc(CNCCNC(N)=O)c1. The number of hydrogen-bond donors (Lipinski definition) is 3. The van der Waals surface area contributed by atoms with Crippen LogP contribution in [0.2, 0.25) is 0 Å². The summed E-state index contributed by atoms with van der Waals surface area (Å²) in [6, 6.07) is 8.94. The van der Waals surface area contributed by atoms with Gasteiger partial charge in [0, 0.05) is 19.6 Å². The third kappa shape index (κ3) is 4.44. The topological polar surface area (TPSA) is 90.9 Å². The first-order valence-corrected chi connectivity index (χ1v) is 4.95. The summed E-state index contributed by atoms with van der Waals surface area (Å²) in [4.78, 5) is 10.4. The number of urea groups is 1. The molecule has 0 bridgehead atoms. The summed E-state index contributed by atoms with van der Waals surface area (Å²) in [5.41, 5.74) is 6.60. The molecule has 0 aliphatic carbocycles. The Balaban J connectivity index is 2.27. The zero-order valence-electron chi connectivity index (χ0n) is 8.86. The van der Waals surface area contributed by atoms with E-state index < -0.39 is 6.03 Å². The maximum absolute atomic E-state index is 10.4. The van der Waals surface area contributed by atoms with Gasteiger partial charge in [0.2, 0.25) is 0 Å². The monoisotopic (exact) mass is 218 g/mol. The van der Waals surface area contributed by atoms with E-state index in [0.717, 1.165) is 5.56 Å². The van der Waals surface area contributed by atoms with Crippen LogP contribution in [0.25, 0.3) is 0 Å². The minimum absolute atomic E-state index is 0.493. The molecule has 0 aliphatic heterocycles. The first-order valence-electron chi connectivity index (χ1n) is 4.95. The molecule has 0 spiro atoms. The second kappa shape index (κ2) is 6.43. The molecule has 1 aromatic rings. The van der Waals surface area contributed by atoms with Crippen LogP contribution in [-0.2, 0) is 6.54 Å². The molecule has 5 nitrogen and oxygen atoms in total. The second-order valence-corrected chi connectivity index (χ2v) is 3.28. The van der Waals surface area contributed by atoms with Crippen molar-refractivity contribution in [2.24, 2.45) is 5.73 Å². The molecule has 84 valence electrons. The van der Waals surface area contributed by atoms with Gasteiger partial charge < -0.3 is 16.4 Å². The van der Waals surface area contributed by atoms with E-state index >= 15 is 0 Å². The van der Waals surface area contributed by atoms with Gasteiger partial charge in [0.1, 0.15) is 0 Å². The lowest BCUT2D eigenvalue weighted by molar-refractivity contribution is 0.249. The summed E-state index contributed by atoms with van der Waals surface area (Å²) in [5, 5.41) is 14.3. The Morgan fingerprint density at radius 2 is 2.25 bits per heavy atom. The number of amides is 2. The molecule has 0 aliphatic rings. The number of carbonyl (C=O) groups is 1. The first kappa shape index (κ1) is 12.0. The fraction of sp³-hybridized carbons (Fsp3) is 0.273. The Bertz CT molecular complexity index is 397. The minimum Gasteiger partial charge on any atom is -0.352 e. The lowest BCUT2D eigenvalue weighted by Gasteiger charge is -2.05. The molecule has 0 fully saturated rings. The van der Waals surface area contributed by atoms with Gasteiger partial charge >= 0.3 is 6.03 Å². The van der Waals surface area contributed by atoms with Gasteiger partial charge in [-0.3, -0.25) is 0 Å². The van der Waals surface area contributed by atoms with Gasteiger partial charge in [-0.1, -0.05) is 12.1 Å². The average Bonchev–Trinajstić information content (AvgIpc) is 2.28. The zero-order valence-corrected chi connectivity index (χ0v) is 8.86. The number of nitrogens with one attached hydrogen (secondary N) is 2. The Morgan fingerprint density at radius 1 is 1.44 bits per heavy atom. The highest BCUT2D eigenvalue weighted by atomic mass is 16.2. The molecule has 1 aromatic carbocycles. The van der Waals surface area contributed by atoms with Gasteiger partial charge in [-0.25, -0.2) is 4.79 Å². The quantitative estimate of drug-likeness (QED) is 0.621. The highest BCUT2D eigenvalue weighted by molar-refractivity contribution is 5.71. The van der Waals surface area contributed by atoms with E-state index in [1.807, 2.05) is 18.2 Å². The Morgan fingerprint density at radius 3 is 2.94 bits per heavy atom. The lowest BCUT2D eigenvalue weighted by atomic mass is 10.1. The molecule has 0 saturated heterocycles. The van der Waals surface area contributed by atoms with Crippen LogP contribution in [0.5, 0.6) is 0 Å². The summed E-state index contributed by atoms with van der Waals surface area (Å²) >= 11 is 0. The molecule has 0 saturated carbocycles. The van der Waals surface area contributed by atoms with Crippen LogP contribution < -0.4 is 16.4 Å². The highest BCUT2D eigenvalue weighted by Crippen LogP contribution is 2.03. The van der Waals surface area contributed by atoms with Gasteiger partial charge in [0.25, 0.3) is 0 Å². The van der Waals surface area contributed by atoms with Crippen LogP contribution in [0.1, 0.15) is 11.1 Å². The molecule has 0 heterocycles. The molecule has 0 aromatic heterocycles. The van der Waals surface area contributed by atoms with Crippen molar-refractivity contribution in [3.63, 3.8) is 0 Å². The number of primary amides is 1. The Hall–Kier alpha value is -2.06. The molecule has 0 radical (unpaired) electrons. The van der Waals surface area contributed by atoms with Gasteiger partial charge in [0.05, 0.1) is 11.6 Å².